The number of nitrogens with zero attached hydrogens (tertiary/aromatic N) is 2. The molecule has 0 unspecified atom stereocenters. The van der Waals surface area contributed by atoms with Crippen LogP contribution >= 0.6 is 24.4 Å². The lowest BCUT2D eigenvalue weighted by Gasteiger charge is -2.24. The maximum Gasteiger partial charge on any atom is 0.0133 e. The van der Waals surface area contributed by atoms with Crippen LogP contribution < -0.4 is 0 Å². The summed E-state index contributed by atoms with van der Waals surface area (Å²) in [5.74, 6) is 0. The first kappa shape index (κ1) is 22.4. The van der Waals surface area contributed by atoms with Gasteiger partial charge in [0.25, 0.3) is 0 Å². The predicted molar refractivity (Wildman–Crippen MR) is 92.5 cm³/mol. The van der Waals surface area contributed by atoms with Crippen LogP contribution in [0.5, 0.6) is 0 Å². The monoisotopic (exact) mass is 312 g/mol. The molecule has 0 saturated heterocycles. The second kappa shape index (κ2) is 14.3. The summed E-state index contributed by atoms with van der Waals surface area (Å²) in [6.45, 7) is 11.9. The number of hydrogen-bond acceptors (Lipinski definition) is 4. The number of hydrogen-bond donors (Lipinski definition) is 0. The van der Waals surface area contributed by atoms with Crippen molar-refractivity contribution in [1.82, 2.24) is 9.80 Å². The molecule has 2 nitrogen and oxygen atoms in total. The second-order valence-corrected chi connectivity index (χ2v) is 4.94. The molecule has 0 aliphatic rings. The lowest BCUT2D eigenvalue weighted by atomic mass is 10.6. The van der Waals surface area contributed by atoms with E-state index in [4.69, 9.17) is 49.7 Å². The molecule has 0 spiro atoms. The van der Waals surface area contributed by atoms with Crippen LogP contribution in [-0.4, -0.2) is 44.6 Å². The van der Waals surface area contributed by atoms with Crippen molar-refractivity contribution in [2.45, 2.75) is 35.1 Å². The maximum atomic E-state index is 4.76. The molecule has 0 amide bonds. The van der Waals surface area contributed by atoms with Crippen molar-refractivity contribution in [3.05, 3.63) is 0 Å². The lowest BCUT2D eigenvalue weighted by Crippen LogP contribution is -2.26. The van der Waals surface area contributed by atoms with Gasteiger partial charge in [-0.2, -0.15) is 0 Å². The Morgan fingerprint density at radius 3 is 0.941 bits per heavy atom. The average molecular weight is 313 g/mol. The smallest absolute Gasteiger partial charge is 0.0133 e. The van der Waals surface area contributed by atoms with E-state index in [1.807, 2.05) is 37.5 Å². The summed E-state index contributed by atoms with van der Waals surface area (Å²) in [6.07, 6.45) is 0. The highest BCUT2D eigenvalue weighted by atomic mass is 32.1. The van der Waals surface area contributed by atoms with Gasteiger partial charge in [-0.15, -0.1) is 0 Å². The van der Waals surface area contributed by atoms with Gasteiger partial charge in [-0.1, -0.05) is 16.1 Å². The van der Waals surface area contributed by atoms with Crippen LogP contribution in [0.3, 0.4) is 0 Å². The Labute approximate surface area is 129 Å². The third kappa shape index (κ3) is 12.5. The van der Waals surface area contributed by atoms with Gasteiger partial charge in [0, 0.05) is 26.2 Å². The Bertz CT molecular complexity index is 180. The van der Waals surface area contributed by atoms with Crippen molar-refractivity contribution in [3.63, 3.8) is 0 Å². The van der Waals surface area contributed by atoms with Gasteiger partial charge in [-0.3, -0.25) is 0 Å². The Morgan fingerprint density at radius 1 is 0.765 bits per heavy atom. The Kier molecular flexibility index (Phi) is 18.8. The van der Waals surface area contributed by atoms with E-state index < -0.39 is 0 Å². The van der Waals surface area contributed by atoms with Crippen LogP contribution in [0.2, 0.25) is 0 Å². The molecule has 0 heterocycles. The summed E-state index contributed by atoms with van der Waals surface area (Å²) in [4.78, 5) is 3.93. The van der Waals surface area contributed by atoms with E-state index in [2.05, 4.69) is 0 Å². The quantitative estimate of drug-likeness (QED) is 0.577. The van der Waals surface area contributed by atoms with E-state index in [0.717, 1.165) is 26.2 Å². The van der Waals surface area contributed by atoms with Gasteiger partial charge >= 0.3 is 0 Å². The van der Waals surface area contributed by atoms with Crippen molar-refractivity contribution >= 4 is 58.3 Å². The molecule has 104 valence electrons. The molecule has 0 aliphatic heterocycles. The highest BCUT2D eigenvalue weighted by Gasteiger charge is 1.89. The van der Waals surface area contributed by atoms with Crippen LogP contribution in [-0.2, 0) is 25.3 Å². The van der Waals surface area contributed by atoms with E-state index in [9.17, 15) is 0 Å². The van der Waals surface area contributed by atoms with E-state index in [1.165, 1.54) is 0 Å². The SMILES string of the molecule is C.CCN(CC)C(=S)[S-].CCN(CC)C(=S)[S-]. The second-order valence-electron chi connectivity index (χ2n) is 2.88. The van der Waals surface area contributed by atoms with Crippen molar-refractivity contribution < 1.29 is 0 Å². The molecule has 0 aromatic rings. The Hall–Kier alpha value is 0.220. The van der Waals surface area contributed by atoms with Gasteiger partial charge in [-0.25, -0.2) is 0 Å². The fraction of sp³-hybridized carbons (Fsp3) is 0.818. The average Bonchev–Trinajstić information content (AvgIpc) is 2.21. The summed E-state index contributed by atoms with van der Waals surface area (Å²) in [7, 11) is 0. The molecule has 0 rings (SSSR count). The molecule has 0 bridgehead atoms. The normalized spacial score (nSPS) is 8.24. The molecule has 0 fully saturated rings. The van der Waals surface area contributed by atoms with Crippen LogP contribution in [0.15, 0.2) is 0 Å². The van der Waals surface area contributed by atoms with E-state index >= 15 is 0 Å². The standard InChI is InChI=1S/2C5H11NS2.CH4/c2*1-3-6(4-2)5(7)8;/h2*3-4H2,1-2H3,(H,7,8);1H4/p-2. The lowest BCUT2D eigenvalue weighted by molar-refractivity contribution is 0.482. The first-order chi connectivity index (χ1) is 7.44. The first-order valence-electron chi connectivity index (χ1n) is 5.36. The minimum Gasteiger partial charge on any atom is -0.411 e. The van der Waals surface area contributed by atoms with Crippen LogP contribution in [0.25, 0.3) is 0 Å². The molecule has 0 aromatic carbocycles. The molecule has 0 N–H and O–H groups in total. The van der Waals surface area contributed by atoms with E-state index in [-0.39, 0.29) is 7.43 Å². The predicted octanol–water partition coefficient (Wildman–Crippen LogP) is 2.96. The van der Waals surface area contributed by atoms with Gasteiger partial charge in [0.15, 0.2) is 0 Å². The van der Waals surface area contributed by atoms with Gasteiger partial charge in [0.05, 0.1) is 0 Å². The van der Waals surface area contributed by atoms with Gasteiger partial charge < -0.3 is 59.5 Å². The molecule has 0 saturated carbocycles. The van der Waals surface area contributed by atoms with Crippen LogP contribution in [0.1, 0.15) is 35.1 Å². The fourth-order valence-corrected chi connectivity index (χ4v) is 2.00. The van der Waals surface area contributed by atoms with Crippen LogP contribution in [0, 0.1) is 0 Å². The third-order valence-electron chi connectivity index (χ3n) is 2.04. The molecule has 0 radical (unpaired) electrons. The number of rotatable bonds is 4. The highest BCUT2D eigenvalue weighted by molar-refractivity contribution is 8.00. The molecule has 17 heavy (non-hydrogen) atoms. The third-order valence-corrected chi connectivity index (χ3v) is 3.08. The van der Waals surface area contributed by atoms with Crippen LogP contribution in [0.4, 0.5) is 0 Å². The molecular formula is C11H24N2S4-2. The molecular weight excluding hydrogens is 288 g/mol. The largest absolute Gasteiger partial charge is 0.411 e. The minimum atomic E-state index is 0. The summed E-state index contributed by atoms with van der Waals surface area (Å²) in [6, 6.07) is 0. The zero-order valence-electron chi connectivity index (χ0n) is 10.4. The van der Waals surface area contributed by atoms with Gasteiger partial charge in [0.1, 0.15) is 0 Å². The zero-order chi connectivity index (χ0) is 13.1. The van der Waals surface area contributed by atoms with Crippen molar-refractivity contribution in [3.8, 4) is 0 Å². The topological polar surface area (TPSA) is 6.48 Å². The van der Waals surface area contributed by atoms with Gasteiger partial charge in [0.2, 0.25) is 0 Å². The summed E-state index contributed by atoms with van der Waals surface area (Å²) in [5.41, 5.74) is 0. The fourth-order valence-electron chi connectivity index (χ4n) is 0.964. The van der Waals surface area contributed by atoms with E-state index in [1.54, 1.807) is 0 Å². The first-order valence-corrected chi connectivity index (χ1v) is 6.99. The maximum absolute atomic E-state index is 4.76. The highest BCUT2D eigenvalue weighted by Crippen LogP contribution is 1.88. The summed E-state index contributed by atoms with van der Waals surface area (Å²) < 4.78 is 1.16. The molecule has 0 aromatic heterocycles. The van der Waals surface area contributed by atoms with Crippen molar-refractivity contribution in [1.29, 1.82) is 0 Å². The zero-order valence-corrected chi connectivity index (χ0v) is 13.6. The summed E-state index contributed by atoms with van der Waals surface area (Å²) >= 11 is 19.0. The van der Waals surface area contributed by atoms with Crippen molar-refractivity contribution in [2.24, 2.45) is 0 Å². The van der Waals surface area contributed by atoms with Crippen molar-refractivity contribution in [2.75, 3.05) is 26.2 Å². The molecule has 0 aliphatic carbocycles. The minimum absolute atomic E-state index is 0. The summed E-state index contributed by atoms with van der Waals surface area (Å²) in [5, 5.41) is 0. The Morgan fingerprint density at radius 2 is 0.941 bits per heavy atom. The molecule has 0 atom stereocenters. The van der Waals surface area contributed by atoms with Gasteiger partial charge in [-0.05, 0) is 27.7 Å². The Balaban J connectivity index is -0.000000218. The number of thiocarbonyl (C=S) groups is 2. The molecule has 6 heteroatoms. The van der Waals surface area contributed by atoms with E-state index in [0.29, 0.717) is 8.64 Å².